The van der Waals surface area contributed by atoms with Crippen LogP contribution in [0.15, 0.2) is 0 Å². The van der Waals surface area contributed by atoms with Gasteiger partial charge in [0.2, 0.25) is 5.91 Å². The number of amides is 1. The molecule has 0 aromatic rings. The molecule has 3 aliphatic rings. The van der Waals surface area contributed by atoms with Gasteiger partial charge in [-0.25, -0.2) is 0 Å². The number of carbonyl (C=O) groups is 1. The molecule has 1 amide bonds. The lowest BCUT2D eigenvalue weighted by Crippen LogP contribution is -2.49. The van der Waals surface area contributed by atoms with E-state index < -0.39 is 0 Å². The molecule has 3 rings (SSSR count). The Hall–Kier alpha value is -0.0300. The highest BCUT2D eigenvalue weighted by atomic mass is 35.5. The van der Waals surface area contributed by atoms with E-state index in [2.05, 4.69) is 15.1 Å². The van der Waals surface area contributed by atoms with Crippen molar-refractivity contribution in [3.05, 3.63) is 0 Å². The fourth-order valence-electron chi connectivity index (χ4n) is 4.05. The average Bonchev–Trinajstić information content (AvgIpc) is 2.92. The number of nitrogens with one attached hydrogen (secondary N) is 1. The van der Waals surface area contributed by atoms with E-state index in [1.807, 2.05) is 0 Å². The number of hydrogen-bond donors (Lipinski definition) is 1. The van der Waals surface area contributed by atoms with Crippen molar-refractivity contribution in [2.45, 2.75) is 63.5 Å². The summed E-state index contributed by atoms with van der Waals surface area (Å²) in [6.07, 6.45) is 9.83. The molecule has 0 radical (unpaired) electrons. The third-order valence-corrected chi connectivity index (χ3v) is 5.27. The molecule has 0 aromatic carbocycles. The largest absolute Gasteiger partial charge is 0.341 e. The van der Waals surface area contributed by atoms with Gasteiger partial charge in [0.05, 0.1) is 6.04 Å². The average molecular weight is 352 g/mol. The van der Waals surface area contributed by atoms with Crippen LogP contribution in [0.25, 0.3) is 0 Å². The zero-order valence-electron chi connectivity index (χ0n) is 13.5. The third kappa shape index (κ3) is 4.98. The van der Waals surface area contributed by atoms with Crippen molar-refractivity contribution in [2.24, 2.45) is 0 Å². The number of likely N-dealkylation sites (tertiary alicyclic amines) is 2. The molecule has 0 aliphatic carbocycles. The Balaban J connectivity index is 0.00000121. The highest BCUT2D eigenvalue weighted by Gasteiger charge is 2.29. The Morgan fingerprint density at radius 1 is 0.818 bits per heavy atom. The van der Waals surface area contributed by atoms with Crippen LogP contribution in [-0.2, 0) is 4.79 Å². The molecule has 1 N–H and O–H groups in total. The quantitative estimate of drug-likeness (QED) is 0.829. The Kier molecular flexibility index (Phi) is 9.07. The Morgan fingerprint density at radius 2 is 1.59 bits per heavy atom. The first-order chi connectivity index (χ1) is 9.84. The van der Waals surface area contributed by atoms with Gasteiger partial charge in [0.15, 0.2) is 0 Å². The van der Waals surface area contributed by atoms with Crippen molar-refractivity contribution >= 4 is 30.7 Å². The Labute approximate surface area is 147 Å². The lowest BCUT2D eigenvalue weighted by molar-refractivity contribution is -0.134. The van der Waals surface area contributed by atoms with Crippen LogP contribution in [0.5, 0.6) is 0 Å². The summed E-state index contributed by atoms with van der Waals surface area (Å²) in [6.45, 7) is 5.52. The van der Waals surface area contributed by atoms with Crippen molar-refractivity contribution in [3.8, 4) is 0 Å². The fraction of sp³-hybridized carbons (Fsp3) is 0.938. The van der Waals surface area contributed by atoms with Crippen LogP contribution in [0.1, 0.15) is 51.4 Å². The first-order valence-corrected chi connectivity index (χ1v) is 8.61. The smallest absolute Gasteiger partial charge is 0.239 e. The van der Waals surface area contributed by atoms with Crippen molar-refractivity contribution in [3.63, 3.8) is 0 Å². The highest BCUT2D eigenvalue weighted by Crippen LogP contribution is 2.22. The van der Waals surface area contributed by atoms with Gasteiger partial charge < -0.3 is 15.1 Å². The summed E-state index contributed by atoms with van der Waals surface area (Å²) in [4.78, 5) is 17.4. The summed E-state index contributed by atoms with van der Waals surface area (Å²) in [6, 6.07) is 0.835. The molecule has 3 aliphatic heterocycles. The Bertz CT molecular complexity index is 331. The summed E-state index contributed by atoms with van der Waals surface area (Å²) in [5.41, 5.74) is 0. The van der Waals surface area contributed by atoms with Gasteiger partial charge >= 0.3 is 0 Å². The van der Waals surface area contributed by atoms with E-state index in [0.717, 1.165) is 32.1 Å². The van der Waals surface area contributed by atoms with Crippen LogP contribution in [0.2, 0.25) is 0 Å². The summed E-state index contributed by atoms with van der Waals surface area (Å²) in [5, 5.41) is 3.40. The van der Waals surface area contributed by atoms with E-state index in [1.165, 1.54) is 58.0 Å². The summed E-state index contributed by atoms with van der Waals surface area (Å²) in [7, 11) is 0. The molecular formula is C16H31Cl2N3O. The van der Waals surface area contributed by atoms with Gasteiger partial charge in [-0.1, -0.05) is 6.42 Å². The second-order valence-electron chi connectivity index (χ2n) is 6.66. The SMILES string of the molecule is Cl.Cl.O=C(C1CCCCN1)N1CCCC(N2CCCC2)CC1. The van der Waals surface area contributed by atoms with Crippen LogP contribution in [0.3, 0.4) is 0 Å². The fourth-order valence-corrected chi connectivity index (χ4v) is 4.05. The van der Waals surface area contributed by atoms with Gasteiger partial charge in [-0.3, -0.25) is 4.79 Å². The molecule has 3 fully saturated rings. The molecule has 0 aromatic heterocycles. The summed E-state index contributed by atoms with van der Waals surface area (Å²) >= 11 is 0. The van der Waals surface area contributed by atoms with E-state index in [0.29, 0.717) is 5.91 Å². The van der Waals surface area contributed by atoms with Crippen molar-refractivity contribution < 1.29 is 4.79 Å². The van der Waals surface area contributed by atoms with E-state index in [1.54, 1.807) is 0 Å². The first kappa shape index (κ1) is 20.0. The molecule has 2 atom stereocenters. The zero-order chi connectivity index (χ0) is 13.8. The topological polar surface area (TPSA) is 35.6 Å². The van der Waals surface area contributed by atoms with Gasteiger partial charge in [0.25, 0.3) is 0 Å². The van der Waals surface area contributed by atoms with E-state index in [9.17, 15) is 4.79 Å². The monoisotopic (exact) mass is 351 g/mol. The maximum atomic E-state index is 12.6. The maximum Gasteiger partial charge on any atom is 0.239 e. The number of hydrogen-bond acceptors (Lipinski definition) is 3. The number of nitrogens with zero attached hydrogens (tertiary/aromatic N) is 2. The minimum Gasteiger partial charge on any atom is -0.341 e. The van der Waals surface area contributed by atoms with Crippen molar-refractivity contribution in [1.82, 2.24) is 15.1 Å². The molecule has 2 unspecified atom stereocenters. The molecule has 0 saturated carbocycles. The Morgan fingerprint density at radius 3 is 2.27 bits per heavy atom. The van der Waals surface area contributed by atoms with Crippen LogP contribution < -0.4 is 5.32 Å². The molecule has 22 heavy (non-hydrogen) atoms. The molecule has 3 heterocycles. The lowest BCUT2D eigenvalue weighted by atomic mass is 10.0. The lowest BCUT2D eigenvalue weighted by Gasteiger charge is -2.30. The van der Waals surface area contributed by atoms with Gasteiger partial charge in [-0.2, -0.15) is 0 Å². The molecular weight excluding hydrogens is 321 g/mol. The zero-order valence-corrected chi connectivity index (χ0v) is 15.1. The van der Waals surface area contributed by atoms with Gasteiger partial charge in [-0.15, -0.1) is 24.8 Å². The van der Waals surface area contributed by atoms with E-state index in [4.69, 9.17) is 0 Å². The predicted molar refractivity (Wildman–Crippen MR) is 95.2 cm³/mol. The maximum absolute atomic E-state index is 12.6. The second kappa shape index (κ2) is 9.96. The standard InChI is InChI=1S/C16H29N3O.2ClH/c20-16(15-7-1-2-9-17-15)19-12-5-6-14(8-13-19)18-10-3-4-11-18;;/h14-15,17H,1-13H2;2*1H. The molecule has 130 valence electrons. The van der Waals surface area contributed by atoms with Crippen LogP contribution in [-0.4, -0.2) is 60.5 Å². The number of carbonyl (C=O) groups excluding carboxylic acids is 1. The first-order valence-electron chi connectivity index (χ1n) is 8.61. The highest BCUT2D eigenvalue weighted by molar-refractivity contribution is 5.85. The normalized spacial score (nSPS) is 30.1. The second-order valence-corrected chi connectivity index (χ2v) is 6.66. The molecule has 6 heteroatoms. The van der Waals surface area contributed by atoms with Crippen molar-refractivity contribution in [2.75, 3.05) is 32.7 Å². The van der Waals surface area contributed by atoms with Crippen LogP contribution >= 0.6 is 24.8 Å². The summed E-state index contributed by atoms with van der Waals surface area (Å²) < 4.78 is 0. The van der Waals surface area contributed by atoms with Gasteiger partial charge in [0, 0.05) is 19.1 Å². The van der Waals surface area contributed by atoms with Gasteiger partial charge in [-0.05, 0) is 64.6 Å². The number of piperidine rings is 1. The molecule has 0 spiro atoms. The molecule has 4 nitrogen and oxygen atoms in total. The van der Waals surface area contributed by atoms with Crippen molar-refractivity contribution in [1.29, 1.82) is 0 Å². The predicted octanol–water partition coefficient (Wildman–Crippen LogP) is 2.45. The van der Waals surface area contributed by atoms with Crippen LogP contribution in [0, 0.1) is 0 Å². The third-order valence-electron chi connectivity index (χ3n) is 5.27. The molecule has 3 saturated heterocycles. The van der Waals surface area contributed by atoms with E-state index >= 15 is 0 Å². The number of halogens is 2. The van der Waals surface area contributed by atoms with E-state index in [-0.39, 0.29) is 30.9 Å². The minimum atomic E-state index is 0. The number of rotatable bonds is 2. The molecule has 0 bridgehead atoms. The van der Waals surface area contributed by atoms with Gasteiger partial charge in [0.1, 0.15) is 0 Å². The summed E-state index contributed by atoms with van der Waals surface area (Å²) in [5.74, 6) is 0.367. The van der Waals surface area contributed by atoms with Crippen LogP contribution in [0.4, 0.5) is 0 Å². The minimum absolute atomic E-state index is 0.